The van der Waals surface area contributed by atoms with Crippen molar-refractivity contribution in [3.05, 3.63) is 72.9 Å². The molecule has 0 rings (SSSR count). The van der Waals surface area contributed by atoms with E-state index in [9.17, 15) is 19.5 Å². The minimum atomic E-state index is -1.13. The number of rotatable bonds is 44. The van der Waals surface area contributed by atoms with Crippen LogP contribution in [0.3, 0.4) is 0 Å². The number of allylic oxidation sites excluding steroid dienone is 12. The van der Waals surface area contributed by atoms with Gasteiger partial charge in [0.25, 0.3) is 0 Å². The lowest BCUT2D eigenvalue weighted by atomic mass is 10.1. The van der Waals surface area contributed by atoms with Crippen LogP contribution in [0.4, 0.5) is 0 Å². The molecule has 0 aromatic rings. The lowest BCUT2D eigenvalue weighted by Gasteiger charge is -2.34. The number of carbonyl (C=O) groups is 3. The predicted molar refractivity (Wildman–Crippen MR) is 259 cm³/mol. The summed E-state index contributed by atoms with van der Waals surface area (Å²) >= 11 is 0. The molecule has 0 fully saturated rings. The second-order valence-corrected chi connectivity index (χ2v) is 17.8. The van der Waals surface area contributed by atoms with E-state index in [4.69, 9.17) is 14.2 Å². The van der Waals surface area contributed by atoms with Crippen LogP contribution in [0.1, 0.15) is 200 Å². The third-order valence-electron chi connectivity index (χ3n) is 10.9. The average molecular weight is 868 g/mol. The molecule has 356 valence electrons. The van der Waals surface area contributed by atoms with Gasteiger partial charge in [-0.15, -0.1) is 0 Å². The molecule has 0 heterocycles. The number of carboxylic acids is 1. The molecule has 0 saturated carbocycles. The van der Waals surface area contributed by atoms with Gasteiger partial charge in [-0.1, -0.05) is 189 Å². The van der Waals surface area contributed by atoms with Gasteiger partial charge in [-0.2, -0.15) is 0 Å². The van der Waals surface area contributed by atoms with Crippen molar-refractivity contribution in [1.82, 2.24) is 0 Å². The van der Waals surface area contributed by atoms with Gasteiger partial charge in [-0.05, 0) is 64.2 Å². The van der Waals surface area contributed by atoms with Crippen molar-refractivity contribution in [2.45, 2.75) is 212 Å². The van der Waals surface area contributed by atoms with Gasteiger partial charge in [0.05, 0.1) is 40.3 Å². The Morgan fingerprint density at radius 2 is 0.968 bits per heavy atom. The fourth-order valence-electron chi connectivity index (χ4n) is 7.05. The van der Waals surface area contributed by atoms with E-state index in [1.807, 2.05) is 24.3 Å². The molecule has 0 amide bonds. The molecule has 0 bridgehead atoms. The largest absolute Gasteiger partial charge is 0.544 e. The normalized spacial score (nSPS) is 13.5. The Bertz CT molecular complexity index is 1240. The van der Waals surface area contributed by atoms with Gasteiger partial charge in [-0.3, -0.25) is 9.59 Å². The maximum atomic E-state index is 12.8. The number of likely N-dealkylation sites (N-methyl/N-ethyl adjacent to an activating group) is 1. The van der Waals surface area contributed by atoms with E-state index in [1.54, 1.807) is 21.1 Å². The van der Waals surface area contributed by atoms with Gasteiger partial charge in [0.1, 0.15) is 12.6 Å². The predicted octanol–water partition coefficient (Wildman–Crippen LogP) is 13.0. The first-order valence-corrected chi connectivity index (χ1v) is 25.0. The highest BCUT2D eigenvalue weighted by Crippen LogP contribution is 2.14. The molecule has 0 N–H and O–H groups in total. The van der Waals surface area contributed by atoms with Gasteiger partial charge in [0.2, 0.25) is 0 Å². The molecule has 2 atom stereocenters. The van der Waals surface area contributed by atoms with Crippen LogP contribution in [0.15, 0.2) is 72.9 Å². The van der Waals surface area contributed by atoms with Gasteiger partial charge >= 0.3 is 11.9 Å². The van der Waals surface area contributed by atoms with Crippen LogP contribution >= 0.6 is 0 Å². The second-order valence-electron chi connectivity index (χ2n) is 17.8. The summed E-state index contributed by atoms with van der Waals surface area (Å²) in [7, 11) is 5.40. The van der Waals surface area contributed by atoms with Gasteiger partial charge < -0.3 is 28.6 Å². The molecular weight excluding hydrogens is 775 g/mol. The van der Waals surface area contributed by atoms with Crippen LogP contribution in [-0.2, 0) is 28.6 Å². The summed E-state index contributed by atoms with van der Waals surface area (Å²) in [5.74, 6) is -1.78. The fraction of sp³-hybridized carbons (Fsp3) is 0.722. The summed E-state index contributed by atoms with van der Waals surface area (Å²) in [5, 5.41) is 11.7. The number of carbonyl (C=O) groups excluding carboxylic acids is 3. The summed E-state index contributed by atoms with van der Waals surface area (Å²) in [6, 6.07) is -0.735. The van der Waals surface area contributed by atoms with Crippen molar-refractivity contribution in [1.29, 1.82) is 0 Å². The Morgan fingerprint density at radius 3 is 1.47 bits per heavy atom. The van der Waals surface area contributed by atoms with E-state index in [1.165, 1.54) is 83.5 Å². The molecule has 2 unspecified atom stereocenters. The maximum Gasteiger partial charge on any atom is 0.306 e. The van der Waals surface area contributed by atoms with Crippen molar-refractivity contribution in [3.63, 3.8) is 0 Å². The van der Waals surface area contributed by atoms with Gasteiger partial charge in [0, 0.05) is 19.3 Å². The minimum Gasteiger partial charge on any atom is -0.544 e. The first-order valence-electron chi connectivity index (χ1n) is 25.0. The van der Waals surface area contributed by atoms with Crippen molar-refractivity contribution < 1.29 is 38.2 Å². The number of nitrogens with zero attached hydrogens (tertiary/aromatic N) is 1. The van der Waals surface area contributed by atoms with E-state index in [0.29, 0.717) is 12.8 Å². The standard InChI is InChI=1S/C54H93NO7/c1-6-8-10-12-14-16-18-20-22-23-24-25-26-27-28-29-31-33-35-37-39-41-43-45-53(57)62-50(48-60-47-46-51(54(58)59)55(3,4)5)49-61-52(56)44-42-40-38-36-34-32-30-21-19-17-15-13-11-9-7-2/h9,11,13,15,17,19,21,24-25,27-28,30,50-51H,6-8,10,12,14,16,18,20,22-23,26,29,31-49H2,1-5H3/b11-9+,15-13+,19-17+,25-24+,28-27+,30-21+. The topological polar surface area (TPSA) is 102 Å². The average Bonchev–Trinajstić information content (AvgIpc) is 3.23. The van der Waals surface area contributed by atoms with Crippen molar-refractivity contribution in [2.24, 2.45) is 0 Å². The minimum absolute atomic E-state index is 0.0263. The molecular formula is C54H93NO7. The van der Waals surface area contributed by atoms with E-state index in [-0.39, 0.29) is 42.7 Å². The summed E-state index contributed by atoms with van der Waals surface area (Å²) in [5.41, 5.74) is 0. The number of hydrogen-bond acceptors (Lipinski definition) is 7. The van der Waals surface area contributed by atoms with Crippen molar-refractivity contribution >= 4 is 17.9 Å². The van der Waals surface area contributed by atoms with Gasteiger partial charge in [-0.25, -0.2) is 0 Å². The molecule has 0 aliphatic carbocycles. The third kappa shape index (κ3) is 42.1. The first-order chi connectivity index (χ1) is 30.1. The summed E-state index contributed by atoms with van der Waals surface area (Å²) in [4.78, 5) is 37.0. The molecule has 0 aromatic carbocycles. The van der Waals surface area contributed by atoms with Crippen molar-refractivity contribution in [3.8, 4) is 0 Å². The number of esters is 2. The molecule has 8 heteroatoms. The van der Waals surface area contributed by atoms with E-state index in [2.05, 4.69) is 62.5 Å². The van der Waals surface area contributed by atoms with Crippen LogP contribution in [0.5, 0.6) is 0 Å². The Hall–Kier alpha value is -3.23. The molecule has 0 aromatic heterocycles. The highest BCUT2D eigenvalue weighted by molar-refractivity contribution is 5.70. The van der Waals surface area contributed by atoms with Crippen LogP contribution in [0.2, 0.25) is 0 Å². The highest BCUT2D eigenvalue weighted by Gasteiger charge is 2.25. The van der Waals surface area contributed by atoms with E-state index < -0.39 is 18.1 Å². The Labute approximate surface area is 381 Å². The van der Waals surface area contributed by atoms with Crippen LogP contribution in [-0.4, -0.2) is 75.5 Å². The Balaban J connectivity index is 4.29. The lowest BCUT2D eigenvalue weighted by Crippen LogP contribution is -2.55. The number of quaternary nitrogens is 1. The molecule has 0 aliphatic heterocycles. The molecule has 0 aliphatic rings. The number of unbranched alkanes of at least 4 members (excludes halogenated alkanes) is 21. The zero-order valence-electron chi connectivity index (χ0n) is 40.5. The van der Waals surface area contributed by atoms with Crippen molar-refractivity contribution in [2.75, 3.05) is 41.0 Å². The second kappa shape index (κ2) is 44.4. The molecule has 62 heavy (non-hydrogen) atoms. The number of ether oxygens (including phenoxy) is 3. The highest BCUT2D eigenvalue weighted by atomic mass is 16.6. The number of carboxylic acid groups (broad SMARTS) is 1. The van der Waals surface area contributed by atoms with Crippen LogP contribution in [0.25, 0.3) is 0 Å². The molecule has 0 spiro atoms. The molecule has 0 radical (unpaired) electrons. The zero-order chi connectivity index (χ0) is 45.6. The Morgan fingerprint density at radius 1 is 0.516 bits per heavy atom. The summed E-state index contributed by atoms with van der Waals surface area (Å²) in [6.07, 6.45) is 56.5. The van der Waals surface area contributed by atoms with Crippen LogP contribution < -0.4 is 5.11 Å². The van der Waals surface area contributed by atoms with E-state index >= 15 is 0 Å². The SMILES string of the molecule is CC/C=C/C=C/C=C/C=C/CCCCCCCC(=O)OCC(COCCC(C(=O)[O-])[N+](C)(C)C)OC(=O)CCCCCCCCC/C=C/C/C=C/CCCCCCCCCCC. The molecule has 8 nitrogen and oxygen atoms in total. The third-order valence-corrected chi connectivity index (χ3v) is 10.9. The summed E-state index contributed by atoms with van der Waals surface area (Å²) in [6.45, 7) is 4.49. The van der Waals surface area contributed by atoms with Gasteiger partial charge in [0.15, 0.2) is 6.10 Å². The first kappa shape index (κ1) is 58.8. The number of aliphatic carboxylic acids is 1. The quantitative estimate of drug-likeness (QED) is 0.0198. The molecule has 0 saturated heterocycles. The number of hydrogen-bond donors (Lipinski definition) is 0. The maximum absolute atomic E-state index is 12.8. The zero-order valence-corrected chi connectivity index (χ0v) is 40.5. The lowest BCUT2D eigenvalue weighted by molar-refractivity contribution is -0.889. The summed E-state index contributed by atoms with van der Waals surface area (Å²) < 4.78 is 17.2. The van der Waals surface area contributed by atoms with Crippen LogP contribution in [0, 0.1) is 0 Å². The fourth-order valence-corrected chi connectivity index (χ4v) is 7.05. The Kier molecular flexibility index (Phi) is 42.1. The van der Waals surface area contributed by atoms with E-state index in [0.717, 1.165) is 83.5 Å². The smallest absolute Gasteiger partial charge is 0.306 e. The monoisotopic (exact) mass is 868 g/mol.